The molecule has 1 aliphatic rings. The molecule has 0 atom stereocenters. The maximum atomic E-state index is 9.67. The van der Waals surface area contributed by atoms with Crippen LogP contribution >= 0.6 is 0 Å². The SMILES string of the molecule is Oc1cc(O)cc(-c2nc3cnccc3n2C2CC2)c1. The number of hydrogen-bond donors (Lipinski definition) is 2. The number of fused-ring (bicyclic) bond motifs is 1. The largest absolute Gasteiger partial charge is 0.508 e. The fourth-order valence-electron chi connectivity index (χ4n) is 2.58. The van der Waals surface area contributed by atoms with Crippen LogP contribution in [0.4, 0.5) is 0 Å². The molecule has 0 radical (unpaired) electrons. The highest BCUT2D eigenvalue weighted by Crippen LogP contribution is 2.41. The van der Waals surface area contributed by atoms with E-state index >= 15 is 0 Å². The number of aromatic hydroxyl groups is 2. The molecule has 0 aliphatic heterocycles. The van der Waals surface area contributed by atoms with Gasteiger partial charge in [0.1, 0.15) is 22.8 Å². The predicted octanol–water partition coefficient (Wildman–Crippen LogP) is 2.84. The molecule has 2 aromatic heterocycles. The van der Waals surface area contributed by atoms with Crippen LogP contribution in [0.25, 0.3) is 22.4 Å². The molecule has 100 valence electrons. The summed E-state index contributed by atoms with van der Waals surface area (Å²) in [6, 6.07) is 6.95. The minimum absolute atomic E-state index is 0.0347. The summed E-state index contributed by atoms with van der Waals surface area (Å²) in [6.07, 6.45) is 5.75. The number of rotatable bonds is 2. The van der Waals surface area contributed by atoms with Crippen LogP contribution in [0.3, 0.4) is 0 Å². The van der Waals surface area contributed by atoms with Crippen LogP contribution < -0.4 is 0 Å². The minimum atomic E-state index is 0.0347. The van der Waals surface area contributed by atoms with E-state index in [2.05, 4.69) is 14.5 Å². The third-order valence-electron chi connectivity index (χ3n) is 3.56. The van der Waals surface area contributed by atoms with Crippen LogP contribution in [-0.4, -0.2) is 24.7 Å². The van der Waals surface area contributed by atoms with Crippen molar-refractivity contribution in [3.63, 3.8) is 0 Å². The van der Waals surface area contributed by atoms with Crippen molar-refractivity contribution in [3.8, 4) is 22.9 Å². The average molecular weight is 267 g/mol. The lowest BCUT2D eigenvalue weighted by atomic mass is 10.2. The Morgan fingerprint density at radius 3 is 2.55 bits per heavy atom. The van der Waals surface area contributed by atoms with E-state index in [0.29, 0.717) is 11.6 Å². The van der Waals surface area contributed by atoms with E-state index in [9.17, 15) is 10.2 Å². The van der Waals surface area contributed by atoms with Gasteiger partial charge in [-0.2, -0.15) is 0 Å². The van der Waals surface area contributed by atoms with Crippen molar-refractivity contribution in [2.24, 2.45) is 0 Å². The molecule has 1 aliphatic carbocycles. The van der Waals surface area contributed by atoms with Crippen LogP contribution in [0.2, 0.25) is 0 Å². The third-order valence-corrected chi connectivity index (χ3v) is 3.56. The number of hydrogen-bond acceptors (Lipinski definition) is 4. The predicted molar refractivity (Wildman–Crippen MR) is 74.6 cm³/mol. The second-order valence-corrected chi connectivity index (χ2v) is 5.14. The van der Waals surface area contributed by atoms with E-state index in [1.807, 2.05) is 6.07 Å². The first-order chi connectivity index (χ1) is 9.72. The number of aromatic nitrogens is 3. The zero-order valence-corrected chi connectivity index (χ0v) is 10.7. The number of imidazole rings is 1. The topological polar surface area (TPSA) is 71.2 Å². The average Bonchev–Trinajstić information content (AvgIpc) is 3.17. The van der Waals surface area contributed by atoms with Crippen LogP contribution in [0, 0.1) is 0 Å². The highest BCUT2D eigenvalue weighted by molar-refractivity contribution is 5.80. The standard InChI is InChI=1S/C15H13N3O2/c19-11-5-9(6-12(20)7-11)15-17-13-8-16-4-3-14(13)18(15)10-1-2-10/h3-8,10,19-20H,1-2H2. The fourth-order valence-corrected chi connectivity index (χ4v) is 2.58. The number of pyridine rings is 1. The molecule has 1 saturated carbocycles. The van der Waals surface area contributed by atoms with Crippen LogP contribution in [0.1, 0.15) is 18.9 Å². The molecule has 20 heavy (non-hydrogen) atoms. The molecule has 1 fully saturated rings. The maximum Gasteiger partial charge on any atom is 0.141 e. The highest BCUT2D eigenvalue weighted by atomic mass is 16.3. The summed E-state index contributed by atoms with van der Waals surface area (Å²) < 4.78 is 2.17. The van der Waals surface area contributed by atoms with E-state index < -0.39 is 0 Å². The smallest absolute Gasteiger partial charge is 0.141 e. The summed E-state index contributed by atoms with van der Waals surface area (Å²) in [5.74, 6) is 0.835. The lowest BCUT2D eigenvalue weighted by Crippen LogP contribution is -1.97. The molecule has 4 rings (SSSR count). The number of benzene rings is 1. The Morgan fingerprint density at radius 1 is 1.10 bits per heavy atom. The van der Waals surface area contributed by atoms with Crippen molar-refractivity contribution < 1.29 is 10.2 Å². The van der Waals surface area contributed by atoms with Gasteiger partial charge in [0, 0.05) is 23.9 Å². The number of nitrogens with zero attached hydrogens (tertiary/aromatic N) is 3. The van der Waals surface area contributed by atoms with Gasteiger partial charge in [-0.1, -0.05) is 0 Å². The van der Waals surface area contributed by atoms with Crippen molar-refractivity contribution in [3.05, 3.63) is 36.7 Å². The normalized spacial score (nSPS) is 14.8. The quantitative estimate of drug-likeness (QED) is 0.749. The van der Waals surface area contributed by atoms with Gasteiger partial charge in [0.05, 0.1) is 11.7 Å². The van der Waals surface area contributed by atoms with Crippen LogP contribution in [0.15, 0.2) is 36.7 Å². The fraction of sp³-hybridized carbons (Fsp3) is 0.200. The van der Waals surface area contributed by atoms with E-state index in [1.54, 1.807) is 24.5 Å². The first-order valence-electron chi connectivity index (χ1n) is 6.58. The Hall–Kier alpha value is -2.56. The zero-order chi connectivity index (χ0) is 13.7. The van der Waals surface area contributed by atoms with E-state index in [1.165, 1.54) is 6.07 Å². The Bertz CT molecular complexity index is 786. The van der Waals surface area contributed by atoms with E-state index in [0.717, 1.165) is 29.7 Å². The molecule has 0 saturated heterocycles. The third kappa shape index (κ3) is 1.71. The molecule has 2 N–H and O–H groups in total. The van der Waals surface area contributed by atoms with Gasteiger partial charge in [0.15, 0.2) is 0 Å². The van der Waals surface area contributed by atoms with Gasteiger partial charge in [0.2, 0.25) is 0 Å². The molecule has 5 heteroatoms. The summed E-state index contributed by atoms with van der Waals surface area (Å²) in [4.78, 5) is 8.71. The Balaban J connectivity index is 2.01. The first-order valence-corrected chi connectivity index (χ1v) is 6.58. The van der Waals surface area contributed by atoms with Crippen molar-refractivity contribution in [1.29, 1.82) is 0 Å². The summed E-state index contributed by atoms with van der Waals surface area (Å²) in [5, 5.41) is 19.3. The van der Waals surface area contributed by atoms with Crippen molar-refractivity contribution >= 4 is 11.0 Å². The molecule has 1 aromatic carbocycles. The molecule has 3 aromatic rings. The van der Waals surface area contributed by atoms with Crippen molar-refractivity contribution in [2.75, 3.05) is 0 Å². The molecule has 2 heterocycles. The van der Waals surface area contributed by atoms with Gasteiger partial charge in [0.25, 0.3) is 0 Å². The van der Waals surface area contributed by atoms with Gasteiger partial charge in [-0.15, -0.1) is 0 Å². The summed E-state index contributed by atoms with van der Waals surface area (Å²) in [6.45, 7) is 0. The molecular formula is C15H13N3O2. The van der Waals surface area contributed by atoms with Gasteiger partial charge in [-0.05, 0) is 31.0 Å². The van der Waals surface area contributed by atoms with E-state index in [4.69, 9.17) is 0 Å². The van der Waals surface area contributed by atoms with Gasteiger partial charge in [-0.25, -0.2) is 4.98 Å². The van der Waals surface area contributed by atoms with Crippen molar-refractivity contribution in [1.82, 2.24) is 14.5 Å². The van der Waals surface area contributed by atoms with Gasteiger partial charge >= 0.3 is 0 Å². The Morgan fingerprint density at radius 2 is 1.85 bits per heavy atom. The summed E-state index contributed by atoms with van der Waals surface area (Å²) in [7, 11) is 0. The van der Waals surface area contributed by atoms with Crippen LogP contribution in [-0.2, 0) is 0 Å². The minimum Gasteiger partial charge on any atom is -0.508 e. The van der Waals surface area contributed by atoms with Gasteiger partial charge in [-0.3, -0.25) is 4.98 Å². The molecule has 0 amide bonds. The first kappa shape index (κ1) is 11.3. The van der Waals surface area contributed by atoms with Crippen LogP contribution in [0.5, 0.6) is 11.5 Å². The van der Waals surface area contributed by atoms with Crippen molar-refractivity contribution in [2.45, 2.75) is 18.9 Å². The zero-order valence-electron chi connectivity index (χ0n) is 10.7. The molecule has 0 spiro atoms. The molecule has 5 nitrogen and oxygen atoms in total. The lowest BCUT2D eigenvalue weighted by molar-refractivity contribution is 0.451. The Labute approximate surface area is 115 Å². The maximum absolute atomic E-state index is 9.67. The molecule has 0 bridgehead atoms. The second-order valence-electron chi connectivity index (χ2n) is 5.14. The highest BCUT2D eigenvalue weighted by Gasteiger charge is 2.28. The monoisotopic (exact) mass is 267 g/mol. The second kappa shape index (κ2) is 3.96. The Kier molecular flexibility index (Phi) is 2.24. The molecule has 0 unspecified atom stereocenters. The summed E-state index contributed by atoms with van der Waals surface area (Å²) >= 11 is 0. The van der Waals surface area contributed by atoms with E-state index in [-0.39, 0.29) is 11.5 Å². The van der Waals surface area contributed by atoms with Gasteiger partial charge < -0.3 is 14.8 Å². The number of phenolic OH excluding ortho intramolecular Hbond substituents is 2. The number of phenols is 2. The lowest BCUT2D eigenvalue weighted by Gasteiger charge is -2.08. The molecular weight excluding hydrogens is 254 g/mol. The summed E-state index contributed by atoms with van der Waals surface area (Å²) in [5.41, 5.74) is 2.59.